The summed E-state index contributed by atoms with van der Waals surface area (Å²) < 4.78 is 26.5. The summed E-state index contributed by atoms with van der Waals surface area (Å²) >= 11 is 7.40. The molecular weight excluding hydrogens is 394 g/mol. The zero-order valence-electron chi connectivity index (χ0n) is 14.1. The van der Waals surface area contributed by atoms with Crippen molar-refractivity contribution < 1.29 is 8.42 Å². The molecule has 1 atom stereocenters. The molecule has 7 nitrogen and oxygen atoms in total. The van der Waals surface area contributed by atoms with Gasteiger partial charge in [0.2, 0.25) is 20.1 Å². The summed E-state index contributed by atoms with van der Waals surface area (Å²) in [5, 5.41) is 9.30. The lowest BCUT2D eigenvalue weighted by atomic mass is 10.1. The number of fused-ring (bicyclic) bond motifs is 1. The van der Waals surface area contributed by atoms with Crippen molar-refractivity contribution in [1.29, 1.82) is 0 Å². The van der Waals surface area contributed by atoms with Gasteiger partial charge in [-0.3, -0.25) is 0 Å². The molecule has 2 aromatic heterocycles. The zero-order chi connectivity index (χ0) is 18.3. The Hall–Kier alpha value is -1.68. The van der Waals surface area contributed by atoms with Gasteiger partial charge in [-0.15, -0.1) is 5.10 Å². The molecule has 1 fully saturated rings. The third-order valence-electron chi connectivity index (χ3n) is 4.44. The number of rotatable bonds is 5. The van der Waals surface area contributed by atoms with E-state index in [4.69, 9.17) is 11.6 Å². The van der Waals surface area contributed by atoms with Gasteiger partial charge in [-0.25, -0.2) is 22.2 Å². The maximum atomic E-state index is 11.6. The molecule has 3 aromatic rings. The van der Waals surface area contributed by atoms with Crippen molar-refractivity contribution in [3.63, 3.8) is 0 Å². The van der Waals surface area contributed by atoms with E-state index in [2.05, 4.69) is 15.4 Å². The number of anilines is 1. The Labute approximate surface area is 160 Å². The Morgan fingerprint density at radius 1 is 1.35 bits per heavy atom. The quantitative estimate of drug-likeness (QED) is 0.698. The number of halogens is 1. The number of sulfonamides is 1. The van der Waals surface area contributed by atoms with Gasteiger partial charge in [0.15, 0.2) is 0 Å². The van der Waals surface area contributed by atoms with Gasteiger partial charge in [0.25, 0.3) is 0 Å². The van der Waals surface area contributed by atoms with Crippen molar-refractivity contribution in [1.82, 2.24) is 18.9 Å². The van der Waals surface area contributed by atoms with Gasteiger partial charge >= 0.3 is 0 Å². The number of hydrogen-bond acceptors (Lipinski definition) is 6. The van der Waals surface area contributed by atoms with Crippen molar-refractivity contribution in [2.45, 2.75) is 6.42 Å². The second kappa shape index (κ2) is 6.80. The van der Waals surface area contributed by atoms with Gasteiger partial charge < -0.3 is 5.32 Å². The fourth-order valence-electron chi connectivity index (χ4n) is 3.03. The zero-order valence-corrected chi connectivity index (χ0v) is 16.5. The van der Waals surface area contributed by atoms with Crippen LogP contribution in [0.5, 0.6) is 0 Å². The van der Waals surface area contributed by atoms with Crippen LogP contribution in [0.15, 0.2) is 30.5 Å². The molecule has 4 rings (SSSR count). The van der Waals surface area contributed by atoms with E-state index >= 15 is 0 Å². The lowest BCUT2D eigenvalue weighted by Gasteiger charge is -2.13. The lowest BCUT2D eigenvalue weighted by Crippen LogP contribution is -2.28. The molecule has 26 heavy (non-hydrogen) atoms. The topological polar surface area (TPSA) is 79.6 Å². The van der Waals surface area contributed by atoms with Gasteiger partial charge in [-0.2, -0.15) is 0 Å². The normalized spacial score (nSPS) is 18.6. The van der Waals surface area contributed by atoms with Crippen molar-refractivity contribution >= 4 is 43.1 Å². The van der Waals surface area contributed by atoms with Gasteiger partial charge in [0.05, 0.1) is 18.1 Å². The highest BCUT2D eigenvalue weighted by molar-refractivity contribution is 7.88. The Balaban J connectivity index is 1.41. The monoisotopic (exact) mass is 411 g/mol. The second-order valence-corrected chi connectivity index (χ2v) is 9.80. The highest BCUT2D eigenvalue weighted by atomic mass is 35.5. The number of hydrogen-bond donors (Lipinski definition) is 1. The Bertz CT molecular complexity index is 997. The maximum Gasteiger partial charge on any atom is 0.214 e. The maximum absolute atomic E-state index is 11.6. The molecule has 0 aliphatic carbocycles. The average Bonchev–Trinajstić information content (AvgIpc) is 3.27. The van der Waals surface area contributed by atoms with Gasteiger partial charge in [-0.05, 0) is 24.5 Å². The Kier molecular flexibility index (Phi) is 4.64. The SMILES string of the molecule is CS(=O)(=O)N1CCC(CNc2nn3cc(-c4ccc(Cl)cc4)nc3s2)C1. The molecule has 1 N–H and O–H groups in total. The Morgan fingerprint density at radius 2 is 2.12 bits per heavy atom. The number of benzene rings is 1. The summed E-state index contributed by atoms with van der Waals surface area (Å²) in [6.07, 6.45) is 4.02. The second-order valence-electron chi connectivity index (χ2n) is 6.42. The fourth-order valence-corrected chi connectivity index (χ4v) is 4.86. The van der Waals surface area contributed by atoms with E-state index in [0.717, 1.165) is 27.8 Å². The van der Waals surface area contributed by atoms with Crippen LogP contribution in [0.2, 0.25) is 5.02 Å². The number of imidazole rings is 1. The molecule has 1 saturated heterocycles. The molecule has 10 heteroatoms. The molecular formula is C16H18ClN5O2S2. The Morgan fingerprint density at radius 3 is 2.77 bits per heavy atom. The van der Waals surface area contributed by atoms with E-state index in [1.165, 1.54) is 21.9 Å². The van der Waals surface area contributed by atoms with E-state index in [1.807, 2.05) is 30.5 Å². The van der Waals surface area contributed by atoms with Crippen LogP contribution in [0.4, 0.5) is 5.13 Å². The summed E-state index contributed by atoms with van der Waals surface area (Å²) in [5.41, 5.74) is 1.85. The first kappa shape index (κ1) is 17.7. The van der Waals surface area contributed by atoms with Crippen molar-refractivity contribution in [3.8, 4) is 11.3 Å². The first-order valence-corrected chi connectivity index (χ1v) is 11.2. The third-order valence-corrected chi connectivity index (χ3v) is 6.84. The van der Waals surface area contributed by atoms with Crippen LogP contribution in [0.3, 0.4) is 0 Å². The molecule has 0 radical (unpaired) electrons. The van der Waals surface area contributed by atoms with Crippen molar-refractivity contribution in [2.75, 3.05) is 31.2 Å². The van der Waals surface area contributed by atoms with Crippen LogP contribution in [0.1, 0.15) is 6.42 Å². The highest BCUT2D eigenvalue weighted by Crippen LogP contribution is 2.26. The smallest absolute Gasteiger partial charge is 0.214 e. The largest absolute Gasteiger partial charge is 0.360 e. The minimum absolute atomic E-state index is 0.297. The fraction of sp³-hybridized carbons (Fsp3) is 0.375. The summed E-state index contributed by atoms with van der Waals surface area (Å²) in [7, 11) is -3.09. The van der Waals surface area contributed by atoms with Crippen LogP contribution in [0.25, 0.3) is 16.2 Å². The number of nitrogens with one attached hydrogen (secondary N) is 1. The summed E-state index contributed by atoms with van der Waals surface area (Å²) in [6, 6.07) is 7.54. The molecule has 0 amide bonds. The molecule has 1 aromatic carbocycles. The predicted octanol–water partition coefficient (Wildman–Crippen LogP) is 2.80. The molecule has 1 aliphatic heterocycles. The molecule has 0 spiro atoms. The molecule has 0 bridgehead atoms. The van der Waals surface area contributed by atoms with E-state index in [-0.39, 0.29) is 0 Å². The third kappa shape index (κ3) is 3.71. The van der Waals surface area contributed by atoms with E-state index in [1.54, 1.807) is 4.52 Å². The molecule has 0 saturated carbocycles. The lowest BCUT2D eigenvalue weighted by molar-refractivity contribution is 0.466. The van der Waals surface area contributed by atoms with E-state index in [9.17, 15) is 8.42 Å². The summed E-state index contributed by atoms with van der Waals surface area (Å²) in [5.74, 6) is 0.297. The minimum Gasteiger partial charge on any atom is -0.360 e. The minimum atomic E-state index is -3.09. The number of aromatic nitrogens is 3. The summed E-state index contributed by atoms with van der Waals surface area (Å²) in [4.78, 5) is 5.41. The highest BCUT2D eigenvalue weighted by Gasteiger charge is 2.28. The van der Waals surface area contributed by atoms with Crippen LogP contribution in [0, 0.1) is 5.92 Å². The molecule has 1 aliphatic rings. The van der Waals surface area contributed by atoms with Gasteiger partial charge in [0.1, 0.15) is 0 Å². The van der Waals surface area contributed by atoms with Gasteiger partial charge in [0, 0.05) is 30.2 Å². The van der Waals surface area contributed by atoms with Crippen LogP contribution in [-0.4, -0.2) is 53.2 Å². The molecule has 3 heterocycles. The predicted molar refractivity (Wildman–Crippen MR) is 104 cm³/mol. The van der Waals surface area contributed by atoms with Gasteiger partial charge in [-0.1, -0.05) is 35.1 Å². The molecule has 1 unspecified atom stereocenters. The van der Waals surface area contributed by atoms with Crippen LogP contribution < -0.4 is 5.32 Å². The van der Waals surface area contributed by atoms with E-state index in [0.29, 0.717) is 30.6 Å². The van der Waals surface area contributed by atoms with Crippen molar-refractivity contribution in [3.05, 3.63) is 35.5 Å². The average molecular weight is 412 g/mol. The summed E-state index contributed by atoms with van der Waals surface area (Å²) in [6.45, 7) is 1.86. The van der Waals surface area contributed by atoms with E-state index < -0.39 is 10.0 Å². The van der Waals surface area contributed by atoms with Crippen LogP contribution >= 0.6 is 22.9 Å². The molecule has 138 valence electrons. The van der Waals surface area contributed by atoms with Crippen molar-refractivity contribution in [2.24, 2.45) is 5.92 Å². The van der Waals surface area contributed by atoms with Crippen LogP contribution in [-0.2, 0) is 10.0 Å². The number of nitrogens with zero attached hydrogens (tertiary/aromatic N) is 4. The first-order valence-electron chi connectivity index (χ1n) is 8.19. The standard InChI is InChI=1S/C16H18ClN5O2S2/c1-26(23,24)21-7-6-11(9-21)8-18-15-20-22-10-14(19-16(22)25-15)12-2-4-13(17)5-3-12/h2-5,10-11H,6-9H2,1H3,(H,18,20). The first-order chi connectivity index (χ1) is 12.4.